The van der Waals surface area contributed by atoms with Gasteiger partial charge in [-0.1, -0.05) is 23.7 Å². The van der Waals surface area contributed by atoms with Gasteiger partial charge in [-0.05, 0) is 47.5 Å². The lowest BCUT2D eigenvalue weighted by Gasteiger charge is -2.33. The van der Waals surface area contributed by atoms with Gasteiger partial charge in [0.1, 0.15) is 5.75 Å². The molecule has 1 aliphatic rings. The Bertz CT molecular complexity index is 647. The third-order valence-corrected chi connectivity index (χ3v) is 4.18. The number of benzene rings is 2. The predicted molar refractivity (Wildman–Crippen MR) is 94.0 cm³/mol. The van der Waals surface area contributed by atoms with Crippen LogP contribution in [0.2, 0.25) is 5.02 Å². The summed E-state index contributed by atoms with van der Waals surface area (Å²) in [5, 5.41) is 16.7. The first-order valence-corrected chi connectivity index (χ1v) is 8.11. The number of hydrogen-bond acceptors (Lipinski definition) is 4. The summed E-state index contributed by atoms with van der Waals surface area (Å²) in [6.07, 6.45) is 1.84. The van der Waals surface area contributed by atoms with Crippen molar-refractivity contribution in [1.29, 1.82) is 0 Å². The van der Waals surface area contributed by atoms with E-state index in [0.29, 0.717) is 0 Å². The Morgan fingerprint density at radius 2 is 1.61 bits per heavy atom. The molecule has 5 heteroatoms. The highest BCUT2D eigenvalue weighted by Gasteiger charge is 2.15. The summed E-state index contributed by atoms with van der Waals surface area (Å²) in [6.45, 7) is 4.78. The highest BCUT2D eigenvalue weighted by Crippen LogP contribution is 2.13. The molecule has 0 bridgehead atoms. The number of phenolic OH excluding ortho intramolecular Hbond substituents is 1. The molecule has 0 unspecified atom stereocenters. The molecule has 2 aromatic carbocycles. The van der Waals surface area contributed by atoms with Crippen LogP contribution in [0.25, 0.3) is 0 Å². The van der Waals surface area contributed by atoms with Crippen LogP contribution in [0.15, 0.2) is 53.6 Å². The lowest BCUT2D eigenvalue weighted by molar-refractivity contribution is 0.131. The first-order valence-electron chi connectivity index (χ1n) is 7.74. The molecule has 0 aromatic heterocycles. The van der Waals surface area contributed by atoms with Crippen molar-refractivity contribution in [2.75, 3.05) is 26.2 Å². The minimum atomic E-state index is 0.276. The zero-order valence-corrected chi connectivity index (χ0v) is 13.7. The molecule has 3 rings (SSSR count). The second-order valence-electron chi connectivity index (χ2n) is 5.69. The van der Waals surface area contributed by atoms with Crippen LogP contribution in [0.4, 0.5) is 0 Å². The van der Waals surface area contributed by atoms with Crippen LogP contribution in [0.3, 0.4) is 0 Å². The zero-order chi connectivity index (χ0) is 16.1. The molecule has 0 atom stereocenters. The third-order valence-electron chi connectivity index (χ3n) is 3.93. The van der Waals surface area contributed by atoms with Crippen molar-refractivity contribution in [3.63, 3.8) is 0 Å². The second-order valence-corrected chi connectivity index (χ2v) is 6.13. The average Bonchev–Trinajstić information content (AvgIpc) is 2.58. The molecular formula is C18H20ClN3O. The van der Waals surface area contributed by atoms with E-state index in [9.17, 15) is 5.11 Å². The van der Waals surface area contributed by atoms with Crippen molar-refractivity contribution < 1.29 is 5.11 Å². The lowest BCUT2D eigenvalue weighted by atomic mass is 10.2. The van der Waals surface area contributed by atoms with E-state index >= 15 is 0 Å². The van der Waals surface area contributed by atoms with Gasteiger partial charge in [0.25, 0.3) is 0 Å². The zero-order valence-electron chi connectivity index (χ0n) is 12.9. The first-order chi connectivity index (χ1) is 11.2. The molecule has 0 amide bonds. The monoisotopic (exact) mass is 329 g/mol. The molecule has 2 aromatic rings. The fraction of sp³-hybridized carbons (Fsp3) is 0.278. The summed E-state index contributed by atoms with van der Waals surface area (Å²) >= 11 is 5.92. The largest absolute Gasteiger partial charge is 0.508 e. The van der Waals surface area contributed by atoms with Crippen molar-refractivity contribution >= 4 is 17.8 Å². The summed E-state index contributed by atoms with van der Waals surface area (Å²) in [4.78, 5) is 2.43. The fourth-order valence-corrected chi connectivity index (χ4v) is 2.69. The van der Waals surface area contributed by atoms with Gasteiger partial charge in [0.2, 0.25) is 0 Å². The molecule has 4 nitrogen and oxygen atoms in total. The maximum absolute atomic E-state index is 9.27. The SMILES string of the molecule is Oc1ccc(/C=N/N2CCN(Cc3ccc(Cl)cc3)CC2)cc1. The van der Waals surface area contributed by atoms with Gasteiger partial charge in [0.05, 0.1) is 6.21 Å². The number of nitrogens with zero attached hydrogens (tertiary/aromatic N) is 3. The smallest absolute Gasteiger partial charge is 0.115 e. The molecule has 0 aliphatic carbocycles. The molecule has 1 N–H and O–H groups in total. The van der Waals surface area contributed by atoms with E-state index in [1.807, 2.05) is 30.5 Å². The molecule has 0 saturated carbocycles. The lowest BCUT2D eigenvalue weighted by Crippen LogP contribution is -2.43. The van der Waals surface area contributed by atoms with Crippen LogP contribution < -0.4 is 0 Å². The first kappa shape index (κ1) is 15.8. The Labute approximate surface area is 141 Å². The van der Waals surface area contributed by atoms with E-state index in [2.05, 4.69) is 27.1 Å². The van der Waals surface area contributed by atoms with E-state index < -0.39 is 0 Å². The Kier molecular flexibility index (Phi) is 5.16. The second kappa shape index (κ2) is 7.49. The highest BCUT2D eigenvalue weighted by molar-refractivity contribution is 6.30. The van der Waals surface area contributed by atoms with Crippen LogP contribution in [0.5, 0.6) is 5.75 Å². The van der Waals surface area contributed by atoms with Crippen LogP contribution >= 0.6 is 11.6 Å². The van der Waals surface area contributed by atoms with E-state index in [0.717, 1.165) is 43.3 Å². The molecule has 1 aliphatic heterocycles. The van der Waals surface area contributed by atoms with Gasteiger partial charge in [0, 0.05) is 37.7 Å². The molecule has 1 saturated heterocycles. The topological polar surface area (TPSA) is 39.1 Å². The number of rotatable bonds is 4. The standard InChI is InChI=1S/C18H20ClN3O/c19-17-5-1-16(2-6-17)14-21-9-11-22(12-10-21)20-13-15-3-7-18(23)8-4-15/h1-8,13,23H,9-12,14H2/b20-13+. The number of hydrazone groups is 1. The van der Waals surface area contributed by atoms with Gasteiger partial charge in [-0.3, -0.25) is 9.91 Å². The van der Waals surface area contributed by atoms with E-state index in [1.54, 1.807) is 12.1 Å². The number of piperazine rings is 1. The van der Waals surface area contributed by atoms with Crippen molar-refractivity contribution in [3.8, 4) is 5.75 Å². The predicted octanol–water partition coefficient (Wildman–Crippen LogP) is 3.20. The van der Waals surface area contributed by atoms with Crippen LogP contribution in [0.1, 0.15) is 11.1 Å². The van der Waals surface area contributed by atoms with E-state index in [-0.39, 0.29) is 5.75 Å². The number of halogens is 1. The maximum atomic E-state index is 9.27. The normalized spacial score (nSPS) is 16.1. The number of hydrogen-bond donors (Lipinski definition) is 1. The molecule has 1 fully saturated rings. The number of aromatic hydroxyl groups is 1. The van der Waals surface area contributed by atoms with Gasteiger partial charge < -0.3 is 5.11 Å². The van der Waals surface area contributed by atoms with Crippen LogP contribution in [-0.2, 0) is 6.54 Å². The van der Waals surface area contributed by atoms with Crippen molar-refractivity contribution in [2.45, 2.75) is 6.54 Å². The summed E-state index contributed by atoms with van der Waals surface area (Å²) in [5.41, 5.74) is 2.28. The molecular weight excluding hydrogens is 310 g/mol. The molecule has 23 heavy (non-hydrogen) atoms. The van der Waals surface area contributed by atoms with Crippen molar-refractivity contribution in [1.82, 2.24) is 9.91 Å². The molecule has 120 valence electrons. The van der Waals surface area contributed by atoms with Crippen molar-refractivity contribution in [3.05, 3.63) is 64.7 Å². The van der Waals surface area contributed by atoms with Crippen molar-refractivity contribution in [2.24, 2.45) is 5.10 Å². The summed E-state index contributed by atoms with van der Waals surface area (Å²) in [6, 6.07) is 15.1. The highest BCUT2D eigenvalue weighted by atomic mass is 35.5. The fourth-order valence-electron chi connectivity index (χ4n) is 2.57. The van der Waals surface area contributed by atoms with Gasteiger partial charge >= 0.3 is 0 Å². The van der Waals surface area contributed by atoms with E-state index in [4.69, 9.17) is 11.6 Å². The maximum Gasteiger partial charge on any atom is 0.115 e. The summed E-state index contributed by atoms with van der Waals surface area (Å²) < 4.78 is 0. The van der Waals surface area contributed by atoms with Gasteiger partial charge in [-0.2, -0.15) is 5.10 Å². The Morgan fingerprint density at radius 1 is 0.957 bits per heavy atom. The van der Waals surface area contributed by atoms with Gasteiger partial charge in [0.15, 0.2) is 0 Å². The minimum Gasteiger partial charge on any atom is -0.508 e. The molecule has 0 radical (unpaired) electrons. The molecule has 0 spiro atoms. The summed E-state index contributed by atoms with van der Waals surface area (Å²) in [5.74, 6) is 0.276. The third kappa shape index (κ3) is 4.71. The van der Waals surface area contributed by atoms with Crippen LogP contribution in [-0.4, -0.2) is 47.4 Å². The summed E-state index contributed by atoms with van der Waals surface area (Å²) in [7, 11) is 0. The average molecular weight is 330 g/mol. The minimum absolute atomic E-state index is 0.276. The van der Waals surface area contributed by atoms with Crippen LogP contribution in [0, 0.1) is 0 Å². The quantitative estimate of drug-likeness (QED) is 0.876. The van der Waals surface area contributed by atoms with Gasteiger partial charge in [-0.25, -0.2) is 0 Å². The van der Waals surface area contributed by atoms with E-state index in [1.165, 1.54) is 5.56 Å². The Balaban J connectivity index is 1.48. The van der Waals surface area contributed by atoms with Gasteiger partial charge in [-0.15, -0.1) is 0 Å². The Hall–Kier alpha value is -2.04. The number of phenols is 1. The Morgan fingerprint density at radius 3 is 2.26 bits per heavy atom. The molecule has 1 heterocycles.